The van der Waals surface area contributed by atoms with Gasteiger partial charge in [-0.1, -0.05) is 12.1 Å². The molecule has 0 aliphatic carbocycles. The summed E-state index contributed by atoms with van der Waals surface area (Å²) >= 11 is 3.15. The van der Waals surface area contributed by atoms with Gasteiger partial charge >= 0.3 is 5.97 Å². The summed E-state index contributed by atoms with van der Waals surface area (Å²) in [4.78, 5) is 20.7. The predicted octanol–water partition coefficient (Wildman–Crippen LogP) is 4.30. The molecular weight excluding hydrogens is 344 g/mol. The molecule has 7 heteroatoms. The summed E-state index contributed by atoms with van der Waals surface area (Å²) in [5.74, 6) is 0.0428. The number of benzene rings is 1. The van der Waals surface area contributed by atoms with Gasteiger partial charge in [-0.2, -0.15) is 11.3 Å². The highest BCUT2D eigenvalue weighted by Gasteiger charge is 2.12. The predicted molar refractivity (Wildman–Crippen MR) is 92.9 cm³/mol. The van der Waals surface area contributed by atoms with Crippen molar-refractivity contribution < 1.29 is 13.9 Å². The number of rotatable bonds is 5. The number of fused-ring (bicyclic) bond motifs is 1. The van der Waals surface area contributed by atoms with Crippen molar-refractivity contribution >= 4 is 39.7 Å². The van der Waals surface area contributed by atoms with Gasteiger partial charge in [0.05, 0.1) is 12.1 Å². The Morgan fingerprint density at radius 3 is 2.92 bits per heavy atom. The molecule has 0 aliphatic rings. The summed E-state index contributed by atoms with van der Waals surface area (Å²) < 4.78 is 10.8. The van der Waals surface area contributed by atoms with Crippen molar-refractivity contribution in [3.05, 3.63) is 58.1 Å². The first-order valence-corrected chi connectivity index (χ1v) is 9.07. The zero-order chi connectivity index (χ0) is 16.4. The molecule has 24 heavy (non-hydrogen) atoms. The van der Waals surface area contributed by atoms with Gasteiger partial charge in [0, 0.05) is 16.3 Å². The number of hydrogen-bond acceptors (Lipinski definition) is 7. The Bertz CT molecular complexity index is 940. The zero-order valence-corrected chi connectivity index (χ0v) is 14.1. The van der Waals surface area contributed by atoms with Crippen molar-refractivity contribution in [3.8, 4) is 10.6 Å². The maximum absolute atomic E-state index is 12.0. The van der Waals surface area contributed by atoms with Crippen LogP contribution in [0.3, 0.4) is 0 Å². The molecule has 0 spiro atoms. The smallest absolute Gasteiger partial charge is 0.312 e. The zero-order valence-electron chi connectivity index (χ0n) is 12.5. The average molecular weight is 356 g/mol. The molecule has 0 unspecified atom stereocenters. The van der Waals surface area contributed by atoms with E-state index in [1.54, 1.807) is 11.3 Å². The van der Waals surface area contributed by atoms with Gasteiger partial charge in [0.2, 0.25) is 5.89 Å². The molecule has 5 nitrogen and oxygen atoms in total. The van der Waals surface area contributed by atoms with Crippen LogP contribution in [0.4, 0.5) is 0 Å². The SMILES string of the molecule is O=C(Cc1csc(-c2ccsc2)n1)OCc1nc2ccccc2o1. The lowest BCUT2D eigenvalue weighted by molar-refractivity contribution is -0.144. The highest BCUT2D eigenvalue weighted by Crippen LogP contribution is 2.26. The van der Waals surface area contributed by atoms with Crippen LogP contribution in [-0.4, -0.2) is 15.9 Å². The minimum atomic E-state index is -0.348. The minimum Gasteiger partial charge on any atom is -0.455 e. The number of carbonyl (C=O) groups excluding carboxylic acids is 1. The maximum atomic E-state index is 12.0. The number of para-hydroxylation sites is 2. The second kappa shape index (κ2) is 6.54. The Morgan fingerprint density at radius 1 is 1.17 bits per heavy atom. The van der Waals surface area contributed by atoms with Crippen molar-refractivity contribution in [2.75, 3.05) is 0 Å². The molecule has 0 bridgehead atoms. The molecule has 0 atom stereocenters. The second-order valence-corrected chi connectivity index (χ2v) is 6.71. The number of hydrogen-bond donors (Lipinski definition) is 0. The van der Waals surface area contributed by atoms with E-state index in [9.17, 15) is 4.79 Å². The van der Waals surface area contributed by atoms with Crippen LogP contribution >= 0.6 is 22.7 Å². The van der Waals surface area contributed by atoms with Crippen LogP contribution in [0.15, 0.2) is 50.9 Å². The second-order valence-electron chi connectivity index (χ2n) is 5.07. The van der Waals surface area contributed by atoms with Crippen LogP contribution in [0, 0.1) is 0 Å². The minimum absolute atomic E-state index is 0.0229. The Hall–Kier alpha value is -2.51. The fourth-order valence-electron chi connectivity index (χ4n) is 2.23. The van der Waals surface area contributed by atoms with Crippen molar-refractivity contribution in [3.63, 3.8) is 0 Å². The first-order chi connectivity index (χ1) is 11.8. The molecule has 4 rings (SSSR count). The molecule has 0 aliphatic heterocycles. The Labute approximate surface area is 145 Å². The van der Waals surface area contributed by atoms with Gasteiger partial charge in [-0.15, -0.1) is 11.3 Å². The van der Waals surface area contributed by atoms with Crippen molar-refractivity contribution in [2.45, 2.75) is 13.0 Å². The van der Waals surface area contributed by atoms with Crippen LogP contribution in [-0.2, 0) is 22.6 Å². The highest BCUT2D eigenvalue weighted by molar-refractivity contribution is 7.14. The van der Waals surface area contributed by atoms with Crippen molar-refractivity contribution in [2.24, 2.45) is 0 Å². The maximum Gasteiger partial charge on any atom is 0.312 e. The molecule has 0 N–H and O–H groups in total. The quantitative estimate of drug-likeness (QED) is 0.499. The number of esters is 1. The summed E-state index contributed by atoms with van der Waals surface area (Å²) in [5.41, 5.74) is 3.23. The summed E-state index contributed by atoms with van der Waals surface area (Å²) in [5, 5.41) is 6.84. The van der Waals surface area contributed by atoms with E-state index >= 15 is 0 Å². The third kappa shape index (κ3) is 3.22. The van der Waals surface area contributed by atoms with Crippen LogP contribution in [0.1, 0.15) is 11.6 Å². The van der Waals surface area contributed by atoms with Crippen LogP contribution in [0.2, 0.25) is 0 Å². The van der Waals surface area contributed by atoms with Crippen LogP contribution in [0.5, 0.6) is 0 Å². The molecule has 0 radical (unpaired) electrons. The number of oxazole rings is 1. The third-order valence-electron chi connectivity index (χ3n) is 3.34. The van der Waals surface area contributed by atoms with E-state index in [-0.39, 0.29) is 19.0 Å². The van der Waals surface area contributed by atoms with E-state index in [1.807, 2.05) is 46.5 Å². The number of nitrogens with zero attached hydrogens (tertiary/aromatic N) is 2. The fraction of sp³-hybridized carbons (Fsp3) is 0.118. The van der Waals surface area contributed by atoms with Crippen molar-refractivity contribution in [1.82, 2.24) is 9.97 Å². The first kappa shape index (κ1) is 15.0. The van der Waals surface area contributed by atoms with E-state index in [0.717, 1.165) is 16.1 Å². The van der Waals surface area contributed by atoms with E-state index in [4.69, 9.17) is 9.15 Å². The standard InChI is InChI=1S/C17H12N2O3S2/c20-16(7-12-10-24-17(18-12)11-5-6-23-9-11)21-8-15-19-13-3-1-2-4-14(13)22-15/h1-6,9-10H,7-8H2. The fourth-order valence-corrected chi connectivity index (χ4v) is 3.76. The number of ether oxygens (including phenoxy) is 1. The van der Waals surface area contributed by atoms with Gasteiger partial charge in [-0.25, -0.2) is 9.97 Å². The van der Waals surface area contributed by atoms with Crippen LogP contribution in [0.25, 0.3) is 21.7 Å². The monoisotopic (exact) mass is 356 g/mol. The molecule has 4 aromatic rings. The van der Waals surface area contributed by atoms with E-state index in [0.29, 0.717) is 17.2 Å². The lowest BCUT2D eigenvalue weighted by Gasteiger charge is -2.00. The lowest BCUT2D eigenvalue weighted by Crippen LogP contribution is -2.08. The van der Waals surface area contributed by atoms with Crippen molar-refractivity contribution in [1.29, 1.82) is 0 Å². The van der Waals surface area contributed by atoms with Gasteiger partial charge in [-0.05, 0) is 23.6 Å². The van der Waals surface area contributed by atoms with Gasteiger partial charge in [0.25, 0.3) is 0 Å². The highest BCUT2D eigenvalue weighted by atomic mass is 32.1. The van der Waals surface area contributed by atoms with Gasteiger partial charge < -0.3 is 9.15 Å². The van der Waals surface area contributed by atoms with Gasteiger partial charge in [0.1, 0.15) is 10.5 Å². The Kier molecular flexibility index (Phi) is 4.10. The van der Waals surface area contributed by atoms with E-state index in [1.165, 1.54) is 11.3 Å². The summed E-state index contributed by atoms with van der Waals surface area (Å²) in [7, 11) is 0. The first-order valence-electron chi connectivity index (χ1n) is 7.25. The average Bonchev–Trinajstić information content (AvgIpc) is 3.32. The summed E-state index contributed by atoms with van der Waals surface area (Å²) in [6.45, 7) is 0.0229. The van der Waals surface area contributed by atoms with Crippen LogP contribution < -0.4 is 0 Å². The Balaban J connectivity index is 1.36. The number of aromatic nitrogens is 2. The van der Waals surface area contributed by atoms with Gasteiger partial charge in [-0.3, -0.25) is 4.79 Å². The Morgan fingerprint density at radius 2 is 2.08 bits per heavy atom. The lowest BCUT2D eigenvalue weighted by atomic mass is 10.3. The molecule has 3 aromatic heterocycles. The molecule has 0 amide bonds. The molecule has 1 aromatic carbocycles. The van der Waals surface area contributed by atoms with Gasteiger partial charge in [0.15, 0.2) is 12.2 Å². The molecule has 3 heterocycles. The summed E-state index contributed by atoms with van der Waals surface area (Å²) in [6, 6.07) is 9.45. The van der Waals surface area contributed by atoms with E-state index in [2.05, 4.69) is 9.97 Å². The largest absolute Gasteiger partial charge is 0.455 e. The molecule has 120 valence electrons. The number of thiophene rings is 1. The normalized spacial score (nSPS) is 11.0. The van der Waals surface area contributed by atoms with E-state index < -0.39 is 0 Å². The third-order valence-corrected chi connectivity index (χ3v) is 4.96. The molecule has 0 saturated heterocycles. The molecule has 0 fully saturated rings. The number of thiazole rings is 1. The molecular formula is C17H12N2O3S2. The molecule has 0 saturated carbocycles. The number of carbonyl (C=O) groups is 1. The topological polar surface area (TPSA) is 65.2 Å². The summed E-state index contributed by atoms with van der Waals surface area (Å²) in [6.07, 6.45) is 0.140.